The summed E-state index contributed by atoms with van der Waals surface area (Å²) in [6.07, 6.45) is 0. The smallest absolute Gasteiger partial charge is 0.270 e. The van der Waals surface area contributed by atoms with E-state index in [2.05, 4.69) is 0 Å². The van der Waals surface area contributed by atoms with Gasteiger partial charge in [0, 0.05) is 23.6 Å². The van der Waals surface area contributed by atoms with Gasteiger partial charge in [-0.1, -0.05) is 12.1 Å². The van der Waals surface area contributed by atoms with Gasteiger partial charge in [-0.3, -0.25) is 14.9 Å². The number of nitro benzene ring substituents is 1. The van der Waals surface area contributed by atoms with E-state index in [1.54, 1.807) is 41.0 Å². The van der Waals surface area contributed by atoms with Gasteiger partial charge in [-0.25, -0.2) is 0 Å². The summed E-state index contributed by atoms with van der Waals surface area (Å²) in [7, 11) is 0. The van der Waals surface area contributed by atoms with Crippen LogP contribution in [0, 0.1) is 21.4 Å². The van der Waals surface area contributed by atoms with E-state index in [9.17, 15) is 14.9 Å². The highest BCUT2D eigenvalue weighted by Crippen LogP contribution is 2.20. The molecule has 112 valence electrons. The minimum absolute atomic E-state index is 0.0129. The van der Waals surface area contributed by atoms with Crippen molar-refractivity contribution in [1.82, 2.24) is 4.57 Å². The number of fused-ring (bicyclic) bond motifs is 1. The molecule has 0 aliphatic carbocycles. The number of hydrogen-bond donors (Lipinski definition) is 0. The third-order valence-electron chi connectivity index (χ3n) is 3.61. The second-order valence-corrected chi connectivity index (χ2v) is 5.07. The molecule has 2 aromatic carbocycles. The summed E-state index contributed by atoms with van der Waals surface area (Å²) in [6, 6.07) is 16.4. The van der Waals surface area contributed by atoms with Crippen LogP contribution in [0.4, 0.5) is 5.69 Å². The molecule has 1 heterocycles. The van der Waals surface area contributed by atoms with Gasteiger partial charge < -0.3 is 4.57 Å². The fourth-order valence-corrected chi connectivity index (χ4v) is 2.43. The van der Waals surface area contributed by atoms with Gasteiger partial charge in [-0.05, 0) is 29.8 Å². The van der Waals surface area contributed by atoms with Crippen molar-refractivity contribution in [2.24, 2.45) is 0 Å². The molecule has 23 heavy (non-hydrogen) atoms. The zero-order valence-corrected chi connectivity index (χ0v) is 12.0. The van der Waals surface area contributed by atoms with Crippen LogP contribution in [-0.2, 0) is 6.54 Å². The summed E-state index contributed by atoms with van der Waals surface area (Å²) in [6.45, 7) is 0.333. The first kappa shape index (κ1) is 14.5. The van der Waals surface area contributed by atoms with Gasteiger partial charge in [-0.15, -0.1) is 0 Å². The highest BCUT2D eigenvalue weighted by molar-refractivity contribution is 5.81. The maximum atomic E-state index is 12.2. The van der Waals surface area contributed by atoms with Crippen LogP contribution in [0.5, 0.6) is 0 Å². The quantitative estimate of drug-likeness (QED) is 0.549. The minimum Gasteiger partial charge on any atom is -0.304 e. The minimum atomic E-state index is -0.463. The molecule has 0 aliphatic heterocycles. The van der Waals surface area contributed by atoms with Crippen molar-refractivity contribution in [3.63, 3.8) is 0 Å². The molecule has 0 spiro atoms. The molecule has 0 unspecified atom stereocenters. The molecule has 0 saturated carbocycles. The topological polar surface area (TPSA) is 88.9 Å². The fourth-order valence-electron chi connectivity index (χ4n) is 2.43. The third kappa shape index (κ3) is 2.80. The summed E-state index contributed by atoms with van der Waals surface area (Å²) in [4.78, 5) is 22.6. The van der Waals surface area contributed by atoms with Gasteiger partial charge in [0.2, 0.25) is 0 Å². The number of rotatable bonds is 3. The van der Waals surface area contributed by atoms with Crippen LogP contribution in [0.3, 0.4) is 0 Å². The molecule has 1 aromatic heterocycles. The van der Waals surface area contributed by atoms with Crippen LogP contribution in [0.15, 0.2) is 59.4 Å². The lowest BCUT2D eigenvalue weighted by molar-refractivity contribution is -0.384. The lowest BCUT2D eigenvalue weighted by atomic mass is 10.1. The van der Waals surface area contributed by atoms with Crippen LogP contribution in [0.1, 0.15) is 11.1 Å². The number of pyridine rings is 1. The van der Waals surface area contributed by atoms with E-state index in [1.807, 2.05) is 6.07 Å². The fraction of sp³-hybridized carbons (Fsp3) is 0.0588. The Morgan fingerprint density at radius 2 is 1.83 bits per heavy atom. The largest absolute Gasteiger partial charge is 0.304 e. The predicted octanol–water partition coefficient (Wildman–Crippen LogP) is 2.83. The first-order valence-electron chi connectivity index (χ1n) is 6.85. The molecule has 0 radical (unpaired) electrons. The van der Waals surface area contributed by atoms with E-state index in [1.165, 1.54) is 18.2 Å². The maximum absolute atomic E-state index is 12.2. The van der Waals surface area contributed by atoms with Crippen LogP contribution in [-0.4, -0.2) is 9.49 Å². The number of hydrogen-bond acceptors (Lipinski definition) is 4. The van der Waals surface area contributed by atoms with Crippen molar-refractivity contribution in [2.45, 2.75) is 6.54 Å². The molecule has 0 amide bonds. The number of non-ortho nitro benzene ring substituents is 1. The molecule has 0 fully saturated rings. The van der Waals surface area contributed by atoms with Crippen LogP contribution >= 0.6 is 0 Å². The number of nitro groups is 1. The summed E-state index contributed by atoms with van der Waals surface area (Å²) in [5.74, 6) is 0. The highest BCUT2D eigenvalue weighted by atomic mass is 16.6. The van der Waals surface area contributed by atoms with Gasteiger partial charge in [-0.2, -0.15) is 5.26 Å². The second-order valence-electron chi connectivity index (χ2n) is 5.07. The Hall–Kier alpha value is -3.46. The Bertz CT molecular complexity index is 998. The van der Waals surface area contributed by atoms with Crippen molar-refractivity contribution < 1.29 is 4.92 Å². The SMILES string of the molecule is N#Cc1ccc(Cn2c(=O)ccc3cc([N+](=O)[O-])ccc32)cc1. The monoisotopic (exact) mass is 305 g/mol. The molecule has 0 bridgehead atoms. The van der Waals surface area contributed by atoms with E-state index in [0.29, 0.717) is 23.0 Å². The summed E-state index contributed by atoms with van der Waals surface area (Å²) >= 11 is 0. The van der Waals surface area contributed by atoms with Gasteiger partial charge in [0.1, 0.15) is 0 Å². The number of nitriles is 1. The van der Waals surface area contributed by atoms with Crippen molar-refractivity contribution in [3.05, 3.63) is 86.2 Å². The Balaban J connectivity index is 2.08. The van der Waals surface area contributed by atoms with E-state index in [-0.39, 0.29) is 11.2 Å². The van der Waals surface area contributed by atoms with Crippen molar-refractivity contribution in [2.75, 3.05) is 0 Å². The molecular formula is C17H11N3O3. The summed E-state index contributed by atoms with van der Waals surface area (Å²) < 4.78 is 1.56. The molecule has 3 rings (SSSR count). The maximum Gasteiger partial charge on any atom is 0.270 e. The van der Waals surface area contributed by atoms with Crippen LogP contribution in [0.2, 0.25) is 0 Å². The van der Waals surface area contributed by atoms with E-state index in [4.69, 9.17) is 5.26 Å². The molecule has 0 atom stereocenters. The Kier molecular flexibility index (Phi) is 3.61. The predicted molar refractivity (Wildman–Crippen MR) is 85.1 cm³/mol. The van der Waals surface area contributed by atoms with Gasteiger partial charge in [0.05, 0.1) is 28.6 Å². The zero-order chi connectivity index (χ0) is 16.4. The van der Waals surface area contributed by atoms with Crippen LogP contribution < -0.4 is 5.56 Å². The Labute approximate surface area is 131 Å². The highest BCUT2D eigenvalue weighted by Gasteiger charge is 2.09. The number of nitrogens with zero attached hydrogens (tertiary/aromatic N) is 3. The van der Waals surface area contributed by atoms with Gasteiger partial charge >= 0.3 is 0 Å². The Morgan fingerprint density at radius 1 is 1.09 bits per heavy atom. The Morgan fingerprint density at radius 3 is 2.48 bits per heavy atom. The normalized spacial score (nSPS) is 10.4. The molecule has 0 N–H and O–H groups in total. The average molecular weight is 305 g/mol. The molecule has 6 heteroatoms. The van der Waals surface area contributed by atoms with Crippen molar-refractivity contribution in [1.29, 1.82) is 5.26 Å². The van der Waals surface area contributed by atoms with Gasteiger partial charge in [0.25, 0.3) is 11.2 Å². The second kappa shape index (κ2) is 5.73. The molecule has 0 aliphatic rings. The van der Waals surface area contributed by atoms with Crippen LogP contribution in [0.25, 0.3) is 10.9 Å². The van der Waals surface area contributed by atoms with Crippen molar-refractivity contribution in [3.8, 4) is 6.07 Å². The summed E-state index contributed by atoms with van der Waals surface area (Å²) in [5, 5.41) is 20.3. The average Bonchev–Trinajstić information content (AvgIpc) is 2.57. The standard InChI is InChI=1S/C17H11N3O3/c18-10-12-1-3-13(4-2-12)11-19-16-7-6-15(20(22)23)9-14(16)5-8-17(19)21/h1-9H,11H2. The zero-order valence-electron chi connectivity index (χ0n) is 12.0. The molecule has 3 aromatic rings. The lowest BCUT2D eigenvalue weighted by Crippen LogP contribution is -2.19. The molecule has 6 nitrogen and oxygen atoms in total. The number of benzene rings is 2. The lowest BCUT2D eigenvalue weighted by Gasteiger charge is -2.10. The summed E-state index contributed by atoms with van der Waals surface area (Å²) in [5.41, 5.74) is 1.86. The van der Waals surface area contributed by atoms with Gasteiger partial charge in [0.15, 0.2) is 0 Å². The van der Waals surface area contributed by atoms with E-state index < -0.39 is 4.92 Å². The van der Waals surface area contributed by atoms with E-state index >= 15 is 0 Å². The van der Waals surface area contributed by atoms with Crippen molar-refractivity contribution >= 4 is 16.6 Å². The van der Waals surface area contributed by atoms with E-state index in [0.717, 1.165) is 5.56 Å². The first-order chi connectivity index (χ1) is 11.1. The molecule has 0 saturated heterocycles. The third-order valence-corrected chi connectivity index (χ3v) is 3.61. The number of aromatic nitrogens is 1. The molecular weight excluding hydrogens is 294 g/mol. The first-order valence-corrected chi connectivity index (χ1v) is 6.85.